The molecule has 2 heterocycles. The van der Waals surface area contributed by atoms with Gasteiger partial charge in [0.15, 0.2) is 10.7 Å². The highest BCUT2D eigenvalue weighted by molar-refractivity contribution is 7.89. The van der Waals surface area contributed by atoms with Gasteiger partial charge in [-0.1, -0.05) is 59.8 Å². The van der Waals surface area contributed by atoms with Crippen LogP contribution in [0.15, 0.2) is 70.1 Å². The minimum absolute atomic E-state index is 0.0498. The van der Waals surface area contributed by atoms with E-state index in [0.717, 1.165) is 5.56 Å². The highest BCUT2D eigenvalue weighted by atomic mass is 32.2. The summed E-state index contributed by atoms with van der Waals surface area (Å²) >= 11 is 0. The Morgan fingerprint density at radius 1 is 1.09 bits per heavy atom. The molecule has 1 aliphatic rings. The number of sulfonamides is 1. The predicted octanol–water partition coefficient (Wildman–Crippen LogP) is 4.19. The van der Waals surface area contributed by atoms with Crippen molar-refractivity contribution in [3.8, 4) is 0 Å². The van der Waals surface area contributed by atoms with Crippen LogP contribution < -0.4 is 5.32 Å². The van der Waals surface area contributed by atoms with Gasteiger partial charge < -0.3 is 9.84 Å². The molecule has 1 aromatic heterocycles. The smallest absolute Gasteiger partial charge is 0.248 e. The topological polar surface area (TPSA) is 92.5 Å². The molecule has 0 saturated carbocycles. The summed E-state index contributed by atoms with van der Waals surface area (Å²) < 4.78 is 33.7. The minimum Gasteiger partial charge on any atom is -0.355 e. The average Bonchev–Trinajstić information content (AvgIpc) is 3.20. The van der Waals surface area contributed by atoms with Gasteiger partial charge >= 0.3 is 0 Å². The molecule has 1 unspecified atom stereocenters. The molecule has 0 bridgehead atoms. The van der Waals surface area contributed by atoms with Crippen molar-refractivity contribution >= 4 is 33.8 Å². The number of benzene rings is 2. The molecule has 1 N–H and O–H groups in total. The molecule has 2 aromatic carbocycles. The minimum atomic E-state index is -3.88. The zero-order chi connectivity index (χ0) is 22.6. The molecule has 8 heteroatoms. The molecule has 0 radical (unpaired) electrons. The van der Waals surface area contributed by atoms with Gasteiger partial charge in [-0.2, -0.15) is 4.31 Å². The lowest BCUT2D eigenvalue weighted by molar-refractivity contribution is -0.120. The standard InChI is InChI=1S/C24H25N3O4S/c1-18-23(22(31-26-18)15-14-19-9-4-2-5-10-19)32(29,30)27-16-8-11-20(17-27)24(28)25-21-12-6-3-7-13-21/h2-7,9-10,12-15,20H,8,11,16-17H2,1H3,(H,25,28). The van der Waals surface area contributed by atoms with Crippen LogP contribution in [0.3, 0.4) is 0 Å². The lowest BCUT2D eigenvalue weighted by Crippen LogP contribution is -2.43. The molecule has 1 saturated heterocycles. The second kappa shape index (κ2) is 9.50. The molecule has 3 aromatic rings. The number of aryl methyl sites for hydroxylation is 1. The number of hydrogen-bond acceptors (Lipinski definition) is 5. The molecule has 1 fully saturated rings. The third kappa shape index (κ3) is 4.81. The summed E-state index contributed by atoms with van der Waals surface area (Å²) in [4.78, 5) is 12.8. The Hall–Kier alpha value is -3.23. The molecular weight excluding hydrogens is 426 g/mol. The van der Waals surface area contributed by atoms with Crippen LogP contribution in [0.4, 0.5) is 5.69 Å². The van der Waals surface area contributed by atoms with Crippen molar-refractivity contribution in [3.63, 3.8) is 0 Å². The van der Waals surface area contributed by atoms with Crippen LogP contribution in [0.2, 0.25) is 0 Å². The summed E-state index contributed by atoms with van der Waals surface area (Å²) in [5.41, 5.74) is 1.91. The number of nitrogens with one attached hydrogen (secondary N) is 1. The van der Waals surface area contributed by atoms with Gasteiger partial charge in [-0.3, -0.25) is 4.79 Å². The number of aromatic nitrogens is 1. The number of carbonyl (C=O) groups is 1. The fraction of sp³-hybridized carbons (Fsp3) is 0.250. The Labute approximate surface area is 187 Å². The van der Waals surface area contributed by atoms with Gasteiger partial charge in [0.05, 0.1) is 5.92 Å². The molecule has 4 rings (SSSR count). The second-order valence-electron chi connectivity index (χ2n) is 7.76. The van der Waals surface area contributed by atoms with E-state index in [1.54, 1.807) is 31.2 Å². The fourth-order valence-electron chi connectivity index (χ4n) is 3.80. The van der Waals surface area contributed by atoms with Crippen molar-refractivity contribution in [2.24, 2.45) is 5.92 Å². The van der Waals surface area contributed by atoms with Crippen molar-refractivity contribution in [3.05, 3.63) is 77.7 Å². The van der Waals surface area contributed by atoms with Crippen LogP contribution >= 0.6 is 0 Å². The number of nitrogens with zero attached hydrogens (tertiary/aromatic N) is 2. The summed E-state index contributed by atoms with van der Waals surface area (Å²) in [7, 11) is -3.88. The van der Waals surface area contributed by atoms with E-state index in [2.05, 4.69) is 10.5 Å². The van der Waals surface area contributed by atoms with Crippen molar-refractivity contribution in [1.82, 2.24) is 9.46 Å². The Balaban J connectivity index is 1.54. The maximum Gasteiger partial charge on any atom is 0.248 e. The Morgan fingerprint density at radius 2 is 1.78 bits per heavy atom. The van der Waals surface area contributed by atoms with Gasteiger partial charge in [0.1, 0.15) is 5.69 Å². The van der Waals surface area contributed by atoms with Crippen LogP contribution in [0, 0.1) is 12.8 Å². The van der Waals surface area contributed by atoms with Crippen molar-refractivity contribution in [2.75, 3.05) is 18.4 Å². The van der Waals surface area contributed by atoms with Crippen LogP contribution in [0.5, 0.6) is 0 Å². The van der Waals surface area contributed by atoms with Gasteiger partial charge in [0.25, 0.3) is 0 Å². The quantitative estimate of drug-likeness (QED) is 0.607. The number of rotatable bonds is 6. The van der Waals surface area contributed by atoms with E-state index >= 15 is 0 Å². The van der Waals surface area contributed by atoms with Crippen molar-refractivity contribution in [1.29, 1.82) is 0 Å². The van der Waals surface area contributed by atoms with E-state index in [9.17, 15) is 13.2 Å². The van der Waals surface area contributed by atoms with Crippen molar-refractivity contribution < 1.29 is 17.7 Å². The average molecular weight is 452 g/mol. The second-order valence-corrected chi connectivity index (χ2v) is 9.64. The third-order valence-electron chi connectivity index (χ3n) is 5.45. The maximum absolute atomic E-state index is 13.5. The number of anilines is 1. The Morgan fingerprint density at radius 3 is 2.50 bits per heavy atom. The first-order valence-electron chi connectivity index (χ1n) is 10.5. The first-order chi connectivity index (χ1) is 15.4. The highest BCUT2D eigenvalue weighted by Gasteiger charge is 2.36. The fourth-order valence-corrected chi connectivity index (χ4v) is 5.58. The van der Waals surface area contributed by atoms with E-state index in [1.807, 2.05) is 48.5 Å². The number of carbonyl (C=O) groups excluding carboxylic acids is 1. The molecule has 1 aliphatic heterocycles. The first-order valence-corrected chi connectivity index (χ1v) is 11.9. The molecular formula is C24H25N3O4S. The SMILES string of the molecule is Cc1noc(C=Cc2ccccc2)c1S(=O)(=O)N1CCCC(C(=O)Nc2ccccc2)C1. The largest absolute Gasteiger partial charge is 0.355 e. The first kappa shape index (κ1) is 22.0. The molecule has 0 spiro atoms. The molecule has 0 aliphatic carbocycles. The maximum atomic E-state index is 13.5. The Kier molecular flexibility index (Phi) is 6.53. The van der Waals surface area contributed by atoms with Crippen LogP contribution in [-0.2, 0) is 14.8 Å². The van der Waals surface area contributed by atoms with Gasteiger partial charge in [-0.05, 0) is 43.5 Å². The van der Waals surface area contributed by atoms with Crippen molar-refractivity contribution in [2.45, 2.75) is 24.7 Å². The van der Waals surface area contributed by atoms with Crippen LogP contribution in [0.1, 0.15) is 29.9 Å². The van der Waals surface area contributed by atoms with Gasteiger partial charge in [0.2, 0.25) is 15.9 Å². The van der Waals surface area contributed by atoms with E-state index in [4.69, 9.17) is 4.52 Å². The van der Waals surface area contributed by atoms with Gasteiger partial charge in [-0.25, -0.2) is 8.42 Å². The van der Waals surface area contributed by atoms with E-state index in [-0.39, 0.29) is 23.1 Å². The number of para-hydroxylation sites is 1. The number of hydrogen-bond donors (Lipinski definition) is 1. The number of piperidine rings is 1. The van der Waals surface area contributed by atoms with Crippen LogP contribution in [0.25, 0.3) is 12.2 Å². The summed E-state index contributed by atoms with van der Waals surface area (Å²) in [6.07, 6.45) is 4.64. The summed E-state index contributed by atoms with van der Waals surface area (Å²) in [6.45, 7) is 2.08. The normalized spacial score (nSPS) is 17.5. The van der Waals surface area contributed by atoms with Gasteiger partial charge in [0, 0.05) is 18.8 Å². The van der Waals surface area contributed by atoms with E-state index in [0.29, 0.717) is 30.8 Å². The summed E-state index contributed by atoms with van der Waals surface area (Å²) in [5.74, 6) is -0.424. The lowest BCUT2D eigenvalue weighted by Gasteiger charge is -2.31. The monoisotopic (exact) mass is 451 g/mol. The summed E-state index contributed by atoms with van der Waals surface area (Å²) in [6, 6.07) is 18.7. The van der Waals surface area contributed by atoms with E-state index in [1.165, 1.54) is 4.31 Å². The third-order valence-corrected chi connectivity index (χ3v) is 7.48. The zero-order valence-electron chi connectivity index (χ0n) is 17.8. The molecule has 7 nitrogen and oxygen atoms in total. The number of amides is 1. The highest BCUT2D eigenvalue weighted by Crippen LogP contribution is 2.29. The Bertz CT molecular complexity index is 1200. The van der Waals surface area contributed by atoms with Crippen LogP contribution in [-0.4, -0.2) is 36.9 Å². The van der Waals surface area contributed by atoms with Gasteiger partial charge in [-0.15, -0.1) is 0 Å². The lowest BCUT2D eigenvalue weighted by atomic mass is 9.99. The molecule has 1 amide bonds. The molecule has 166 valence electrons. The molecule has 32 heavy (non-hydrogen) atoms. The summed E-state index contributed by atoms with van der Waals surface area (Å²) in [5, 5.41) is 6.77. The zero-order valence-corrected chi connectivity index (χ0v) is 18.6. The molecule has 1 atom stereocenters. The van der Waals surface area contributed by atoms with E-state index < -0.39 is 15.9 Å². The predicted molar refractivity (Wildman–Crippen MR) is 123 cm³/mol.